The molecule has 4 heteroatoms. The van der Waals surface area contributed by atoms with Gasteiger partial charge in [-0.25, -0.2) is 0 Å². The predicted molar refractivity (Wildman–Crippen MR) is 81.4 cm³/mol. The van der Waals surface area contributed by atoms with Gasteiger partial charge in [0.1, 0.15) is 0 Å². The van der Waals surface area contributed by atoms with E-state index in [1.165, 1.54) is 5.56 Å². The number of benzene rings is 1. The fourth-order valence-corrected chi connectivity index (χ4v) is 4.43. The van der Waals surface area contributed by atoms with Crippen LogP contribution in [0.3, 0.4) is 0 Å². The average molecular weight is 289 g/mol. The minimum atomic E-state index is -0.247. The third kappa shape index (κ3) is 2.37. The van der Waals surface area contributed by atoms with E-state index in [4.69, 9.17) is 0 Å². The van der Waals surface area contributed by atoms with Gasteiger partial charge in [-0.05, 0) is 42.9 Å². The fraction of sp³-hybridized carbons (Fsp3) is 0.500. The summed E-state index contributed by atoms with van der Waals surface area (Å²) in [6.45, 7) is 4.52. The van der Waals surface area contributed by atoms with Crippen LogP contribution in [0, 0.1) is 0 Å². The first-order valence-electron chi connectivity index (χ1n) is 7.22. The zero-order chi connectivity index (χ0) is 14.3. The van der Waals surface area contributed by atoms with Crippen molar-refractivity contribution in [2.75, 3.05) is 0 Å². The molecule has 3 nitrogen and oxygen atoms in total. The van der Waals surface area contributed by atoms with Crippen LogP contribution in [0.2, 0.25) is 0 Å². The molecule has 3 rings (SSSR count). The lowest BCUT2D eigenvalue weighted by molar-refractivity contribution is 0.0879. The Morgan fingerprint density at radius 3 is 2.50 bits per heavy atom. The van der Waals surface area contributed by atoms with Crippen molar-refractivity contribution in [3.05, 3.63) is 34.4 Å². The van der Waals surface area contributed by atoms with Gasteiger partial charge in [-0.15, -0.1) is 0 Å². The minimum Gasteiger partial charge on any atom is -0.288 e. The summed E-state index contributed by atoms with van der Waals surface area (Å²) in [6.07, 6.45) is 4.06. The highest BCUT2D eigenvalue weighted by molar-refractivity contribution is 8.00. The summed E-state index contributed by atoms with van der Waals surface area (Å²) < 4.78 is 0. The van der Waals surface area contributed by atoms with E-state index in [1.54, 1.807) is 0 Å². The van der Waals surface area contributed by atoms with Crippen LogP contribution in [-0.4, -0.2) is 22.3 Å². The molecule has 2 heterocycles. The molecule has 0 saturated carbocycles. The molecular weight excluding hydrogens is 270 g/mol. The summed E-state index contributed by atoms with van der Waals surface area (Å²) in [5, 5.41) is 3.65. The molecule has 2 unspecified atom stereocenters. The van der Waals surface area contributed by atoms with Gasteiger partial charge >= 0.3 is 0 Å². The van der Waals surface area contributed by atoms with Gasteiger partial charge in [0, 0.05) is 10.5 Å². The largest absolute Gasteiger partial charge is 0.288 e. The molecule has 2 amide bonds. The van der Waals surface area contributed by atoms with Crippen molar-refractivity contribution in [2.24, 2.45) is 0 Å². The van der Waals surface area contributed by atoms with Gasteiger partial charge in [0.2, 0.25) is 0 Å². The number of imide groups is 1. The Morgan fingerprint density at radius 1 is 1.05 bits per heavy atom. The van der Waals surface area contributed by atoms with Gasteiger partial charge in [0.25, 0.3) is 11.8 Å². The first-order chi connectivity index (χ1) is 9.56. The molecule has 0 radical (unpaired) electrons. The molecule has 0 saturated heterocycles. The molecule has 0 aliphatic carbocycles. The number of thioether (sulfide) groups is 1. The topological polar surface area (TPSA) is 46.2 Å². The van der Waals surface area contributed by atoms with E-state index in [9.17, 15) is 9.59 Å². The SMILES string of the molecule is CC1CCc2ccc3c(c2CCC(C)S1)C(=O)NC3=O. The minimum absolute atomic E-state index is 0.213. The van der Waals surface area contributed by atoms with Crippen LogP contribution in [0.15, 0.2) is 12.1 Å². The zero-order valence-electron chi connectivity index (χ0n) is 11.9. The third-order valence-corrected chi connectivity index (χ3v) is 5.59. The number of amides is 2. The number of carbonyl (C=O) groups excluding carboxylic acids is 2. The molecule has 2 aliphatic heterocycles. The van der Waals surface area contributed by atoms with Crippen LogP contribution < -0.4 is 5.32 Å². The predicted octanol–water partition coefficient (Wildman–Crippen LogP) is 2.96. The van der Waals surface area contributed by atoms with Crippen LogP contribution in [-0.2, 0) is 12.8 Å². The van der Waals surface area contributed by atoms with Crippen LogP contribution >= 0.6 is 11.8 Å². The van der Waals surface area contributed by atoms with E-state index < -0.39 is 0 Å². The lowest BCUT2D eigenvalue weighted by atomic mass is 9.91. The number of aryl methyl sites for hydroxylation is 1. The lowest BCUT2D eigenvalue weighted by Gasteiger charge is -2.14. The first-order valence-corrected chi connectivity index (χ1v) is 8.16. The number of rotatable bonds is 0. The molecule has 2 atom stereocenters. The molecule has 0 spiro atoms. The fourth-order valence-electron chi connectivity index (χ4n) is 3.13. The van der Waals surface area contributed by atoms with Crippen molar-refractivity contribution in [3.8, 4) is 0 Å². The summed E-state index contributed by atoms with van der Waals surface area (Å²) in [6, 6.07) is 3.85. The number of hydrogen-bond donors (Lipinski definition) is 1. The Kier molecular flexibility index (Phi) is 3.59. The van der Waals surface area contributed by atoms with Gasteiger partial charge in [-0.2, -0.15) is 11.8 Å². The molecule has 0 aromatic heterocycles. The number of carbonyl (C=O) groups is 2. The van der Waals surface area contributed by atoms with Crippen LogP contribution in [0.4, 0.5) is 0 Å². The maximum absolute atomic E-state index is 12.0. The Labute approximate surface area is 123 Å². The molecule has 1 N–H and O–H groups in total. The van der Waals surface area contributed by atoms with Crippen LogP contribution in [0.1, 0.15) is 58.5 Å². The Morgan fingerprint density at radius 2 is 1.75 bits per heavy atom. The van der Waals surface area contributed by atoms with Crippen molar-refractivity contribution >= 4 is 23.6 Å². The maximum atomic E-state index is 12.0. The molecular formula is C16H19NO2S. The highest BCUT2D eigenvalue weighted by Gasteiger charge is 2.31. The second-order valence-corrected chi connectivity index (χ2v) is 7.63. The van der Waals surface area contributed by atoms with Crippen molar-refractivity contribution in [2.45, 2.75) is 50.0 Å². The molecule has 106 valence electrons. The van der Waals surface area contributed by atoms with Crippen LogP contribution in [0.5, 0.6) is 0 Å². The van der Waals surface area contributed by atoms with Gasteiger partial charge in [0.15, 0.2) is 0 Å². The lowest BCUT2D eigenvalue weighted by Crippen LogP contribution is -2.20. The highest BCUT2D eigenvalue weighted by Crippen LogP contribution is 2.32. The summed E-state index contributed by atoms with van der Waals surface area (Å²) in [4.78, 5) is 23.8. The summed E-state index contributed by atoms with van der Waals surface area (Å²) in [5.74, 6) is -0.460. The molecule has 2 aliphatic rings. The van der Waals surface area contributed by atoms with Crippen molar-refractivity contribution in [1.29, 1.82) is 0 Å². The number of fused-ring (bicyclic) bond motifs is 3. The molecule has 0 bridgehead atoms. The van der Waals surface area contributed by atoms with Gasteiger partial charge in [0.05, 0.1) is 11.1 Å². The van der Waals surface area contributed by atoms with E-state index in [-0.39, 0.29) is 11.8 Å². The smallest absolute Gasteiger partial charge is 0.259 e. The monoisotopic (exact) mass is 289 g/mol. The Hall–Kier alpha value is -1.29. The van der Waals surface area contributed by atoms with E-state index in [1.807, 2.05) is 23.9 Å². The van der Waals surface area contributed by atoms with E-state index in [0.717, 1.165) is 31.2 Å². The Bertz CT molecular complexity index is 582. The van der Waals surface area contributed by atoms with Gasteiger partial charge in [-0.1, -0.05) is 19.9 Å². The maximum Gasteiger partial charge on any atom is 0.259 e. The normalized spacial score (nSPS) is 26.1. The van der Waals surface area contributed by atoms with E-state index in [0.29, 0.717) is 21.6 Å². The summed E-state index contributed by atoms with van der Waals surface area (Å²) in [7, 11) is 0. The quantitative estimate of drug-likeness (QED) is 0.747. The first kappa shape index (κ1) is 13.7. The standard InChI is InChI=1S/C16H19NO2S/c1-9-3-5-11-6-8-13-14(16(19)17-15(13)18)12(11)7-4-10(2)20-9/h6,8-10H,3-5,7H2,1-2H3,(H,17,18,19). The van der Waals surface area contributed by atoms with Gasteiger partial charge in [-0.3, -0.25) is 14.9 Å². The zero-order valence-corrected chi connectivity index (χ0v) is 12.7. The van der Waals surface area contributed by atoms with Crippen molar-refractivity contribution < 1.29 is 9.59 Å². The average Bonchev–Trinajstić information content (AvgIpc) is 2.72. The molecule has 0 fully saturated rings. The molecule has 1 aromatic rings. The van der Waals surface area contributed by atoms with Gasteiger partial charge < -0.3 is 0 Å². The second-order valence-electron chi connectivity index (χ2n) is 5.74. The second kappa shape index (κ2) is 5.24. The molecule has 20 heavy (non-hydrogen) atoms. The Balaban J connectivity index is 2.06. The van der Waals surface area contributed by atoms with Crippen molar-refractivity contribution in [1.82, 2.24) is 5.32 Å². The van der Waals surface area contributed by atoms with Crippen LogP contribution in [0.25, 0.3) is 0 Å². The third-order valence-electron chi connectivity index (χ3n) is 4.19. The summed E-state index contributed by atoms with van der Waals surface area (Å²) in [5.41, 5.74) is 3.54. The van der Waals surface area contributed by atoms with Crippen molar-refractivity contribution in [3.63, 3.8) is 0 Å². The molecule has 1 aromatic carbocycles. The van der Waals surface area contributed by atoms with E-state index in [2.05, 4.69) is 19.2 Å². The number of nitrogens with one attached hydrogen (secondary N) is 1. The summed E-state index contributed by atoms with van der Waals surface area (Å²) >= 11 is 2.03. The highest BCUT2D eigenvalue weighted by atomic mass is 32.2. The van der Waals surface area contributed by atoms with E-state index >= 15 is 0 Å². The number of hydrogen-bond acceptors (Lipinski definition) is 3.